The van der Waals surface area contributed by atoms with E-state index >= 15 is 0 Å². The predicted octanol–water partition coefficient (Wildman–Crippen LogP) is 12.9. The molecule has 7 aromatic carbocycles. The molecule has 0 fully saturated rings. The predicted molar refractivity (Wildman–Crippen MR) is 214 cm³/mol. The Kier molecular flexibility index (Phi) is 8.53. The summed E-state index contributed by atoms with van der Waals surface area (Å²) >= 11 is 0. The number of hydrogen-bond acceptors (Lipinski definition) is 2. The summed E-state index contributed by atoms with van der Waals surface area (Å²) in [6.07, 6.45) is 0.128. The Labute approximate surface area is 302 Å². The molecule has 0 saturated carbocycles. The lowest BCUT2D eigenvalue weighted by atomic mass is 9.67. The van der Waals surface area contributed by atoms with Gasteiger partial charge in [0.2, 0.25) is 0 Å². The lowest BCUT2D eigenvalue weighted by Crippen LogP contribution is -2.29. The molecule has 0 bridgehead atoms. The van der Waals surface area contributed by atoms with Gasteiger partial charge in [-0.2, -0.15) is 0 Å². The number of aryl methyl sites for hydroxylation is 1. The molecule has 0 radical (unpaired) electrons. The highest BCUT2D eigenvalue weighted by atomic mass is 16.5. The van der Waals surface area contributed by atoms with Gasteiger partial charge in [0, 0.05) is 17.1 Å². The van der Waals surface area contributed by atoms with Crippen LogP contribution in [0.25, 0.3) is 22.3 Å². The molecule has 7 aromatic rings. The van der Waals surface area contributed by atoms with Crippen molar-refractivity contribution in [1.29, 1.82) is 0 Å². The van der Waals surface area contributed by atoms with Crippen LogP contribution < -0.4 is 9.64 Å². The molecular formula is C49H43NO. The summed E-state index contributed by atoms with van der Waals surface area (Å²) in [5.41, 5.74) is 14.0. The van der Waals surface area contributed by atoms with Gasteiger partial charge in [0.25, 0.3) is 0 Å². The van der Waals surface area contributed by atoms with Crippen LogP contribution in [0.1, 0.15) is 48.6 Å². The molecule has 250 valence electrons. The van der Waals surface area contributed by atoms with Crippen LogP contribution in [-0.4, -0.2) is 6.10 Å². The van der Waals surface area contributed by atoms with Crippen LogP contribution in [0.4, 0.5) is 17.1 Å². The first-order valence-electron chi connectivity index (χ1n) is 18.0. The minimum Gasteiger partial charge on any atom is -0.490 e. The van der Waals surface area contributed by atoms with Gasteiger partial charge in [0.05, 0.1) is 11.5 Å². The van der Waals surface area contributed by atoms with E-state index in [4.69, 9.17) is 4.74 Å². The second-order valence-corrected chi connectivity index (χ2v) is 14.1. The number of nitrogens with zero attached hydrogens (tertiary/aromatic N) is 1. The Morgan fingerprint density at radius 1 is 0.471 bits per heavy atom. The Balaban J connectivity index is 1.33. The standard InChI is InChI=1S/C49H43NO/c1-34(2)36(4)51-44-30-25-40(26-31-44)49(39-23-19-35(3)20-24-39)47-18-12-11-17-45(47)46-32-29-43(33-48(46)49)50(41-15-9-6-10-16-41)42-27-21-38(22-28-42)37-13-7-5-8-14-37/h5-34,36H,1-4H3. The fourth-order valence-electron chi connectivity index (χ4n) is 7.59. The van der Waals surface area contributed by atoms with Crippen molar-refractivity contribution in [3.63, 3.8) is 0 Å². The first-order chi connectivity index (χ1) is 24.9. The van der Waals surface area contributed by atoms with E-state index in [9.17, 15) is 0 Å². The van der Waals surface area contributed by atoms with Crippen molar-refractivity contribution in [3.05, 3.63) is 204 Å². The molecule has 0 aliphatic heterocycles. The number of ether oxygens (including phenoxy) is 1. The van der Waals surface area contributed by atoms with Crippen molar-refractivity contribution in [2.24, 2.45) is 5.92 Å². The average Bonchev–Trinajstić information content (AvgIpc) is 3.47. The average molecular weight is 662 g/mol. The molecule has 0 heterocycles. The van der Waals surface area contributed by atoms with E-state index < -0.39 is 5.41 Å². The van der Waals surface area contributed by atoms with E-state index in [1.807, 2.05) is 0 Å². The van der Waals surface area contributed by atoms with Gasteiger partial charge in [-0.3, -0.25) is 0 Å². The summed E-state index contributed by atoms with van der Waals surface area (Å²) in [5, 5.41) is 0. The van der Waals surface area contributed by atoms with Gasteiger partial charge >= 0.3 is 0 Å². The smallest absolute Gasteiger partial charge is 0.119 e. The second-order valence-electron chi connectivity index (χ2n) is 14.1. The minimum absolute atomic E-state index is 0.128. The number of para-hydroxylation sites is 1. The Bertz CT molecular complexity index is 2260. The summed E-state index contributed by atoms with van der Waals surface area (Å²) < 4.78 is 6.37. The van der Waals surface area contributed by atoms with Crippen LogP contribution in [0.5, 0.6) is 5.75 Å². The zero-order valence-corrected chi connectivity index (χ0v) is 29.8. The maximum Gasteiger partial charge on any atom is 0.119 e. The first-order valence-corrected chi connectivity index (χ1v) is 18.0. The van der Waals surface area contributed by atoms with Crippen molar-refractivity contribution < 1.29 is 4.74 Å². The van der Waals surface area contributed by atoms with Gasteiger partial charge < -0.3 is 9.64 Å². The van der Waals surface area contributed by atoms with Crippen molar-refractivity contribution in [2.45, 2.75) is 39.2 Å². The molecule has 2 heteroatoms. The number of anilines is 3. The molecule has 8 rings (SSSR count). The molecule has 2 unspecified atom stereocenters. The summed E-state index contributed by atoms with van der Waals surface area (Å²) in [5.74, 6) is 1.33. The normalized spacial score (nSPS) is 15.2. The van der Waals surface area contributed by atoms with Gasteiger partial charge in [-0.25, -0.2) is 0 Å². The molecule has 0 saturated heterocycles. The first kappa shape index (κ1) is 32.4. The van der Waals surface area contributed by atoms with Gasteiger partial charge in [-0.05, 0) is 113 Å². The molecule has 0 spiro atoms. The van der Waals surface area contributed by atoms with E-state index in [-0.39, 0.29) is 6.10 Å². The minimum atomic E-state index is -0.530. The number of rotatable bonds is 9. The Morgan fingerprint density at radius 2 is 1.00 bits per heavy atom. The van der Waals surface area contributed by atoms with Gasteiger partial charge in [0.15, 0.2) is 0 Å². The zero-order chi connectivity index (χ0) is 35.0. The lowest BCUT2D eigenvalue weighted by Gasteiger charge is -2.35. The van der Waals surface area contributed by atoms with Gasteiger partial charge in [0.1, 0.15) is 5.75 Å². The van der Waals surface area contributed by atoms with Crippen LogP contribution in [0.2, 0.25) is 0 Å². The maximum absolute atomic E-state index is 6.37. The highest BCUT2D eigenvalue weighted by Gasteiger charge is 2.46. The molecule has 2 nitrogen and oxygen atoms in total. The van der Waals surface area contributed by atoms with Gasteiger partial charge in [-0.15, -0.1) is 0 Å². The van der Waals surface area contributed by atoms with Crippen LogP contribution in [0, 0.1) is 12.8 Å². The fourth-order valence-corrected chi connectivity index (χ4v) is 7.59. The highest BCUT2D eigenvalue weighted by Crippen LogP contribution is 2.57. The highest BCUT2D eigenvalue weighted by molar-refractivity contribution is 5.89. The van der Waals surface area contributed by atoms with Gasteiger partial charge in [-0.1, -0.05) is 147 Å². The number of benzene rings is 7. The van der Waals surface area contributed by atoms with Crippen molar-refractivity contribution in [1.82, 2.24) is 0 Å². The third-order valence-corrected chi connectivity index (χ3v) is 10.6. The van der Waals surface area contributed by atoms with E-state index in [1.165, 1.54) is 50.1 Å². The molecule has 51 heavy (non-hydrogen) atoms. The molecule has 0 amide bonds. The molecule has 0 aromatic heterocycles. The van der Waals surface area contributed by atoms with Crippen molar-refractivity contribution in [3.8, 4) is 28.0 Å². The number of hydrogen-bond donors (Lipinski definition) is 0. The Hall–Kier alpha value is -5.86. The van der Waals surface area contributed by atoms with Crippen LogP contribution in [-0.2, 0) is 5.41 Å². The van der Waals surface area contributed by atoms with Crippen molar-refractivity contribution >= 4 is 17.1 Å². The zero-order valence-electron chi connectivity index (χ0n) is 29.8. The topological polar surface area (TPSA) is 12.5 Å². The van der Waals surface area contributed by atoms with E-state index in [2.05, 4.69) is 209 Å². The van der Waals surface area contributed by atoms with Crippen molar-refractivity contribution in [2.75, 3.05) is 4.90 Å². The number of fused-ring (bicyclic) bond motifs is 3. The van der Waals surface area contributed by atoms with Crippen LogP contribution >= 0.6 is 0 Å². The fraction of sp³-hybridized carbons (Fsp3) is 0.143. The van der Waals surface area contributed by atoms with Crippen LogP contribution in [0.15, 0.2) is 176 Å². The largest absolute Gasteiger partial charge is 0.490 e. The van der Waals surface area contributed by atoms with Crippen LogP contribution in [0.3, 0.4) is 0 Å². The summed E-state index contributed by atoms with van der Waals surface area (Å²) in [6.45, 7) is 8.70. The molecule has 1 aliphatic carbocycles. The lowest BCUT2D eigenvalue weighted by molar-refractivity contribution is 0.170. The molecular weight excluding hydrogens is 619 g/mol. The summed E-state index contributed by atoms with van der Waals surface area (Å²) in [7, 11) is 0. The third-order valence-electron chi connectivity index (χ3n) is 10.6. The van der Waals surface area contributed by atoms with E-state index in [0.717, 1.165) is 22.8 Å². The second kappa shape index (κ2) is 13.5. The Morgan fingerprint density at radius 3 is 1.67 bits per heavy atom. The quantitative estimate of drug-likeness (QED) is 0.153. The third kappa shape index (κ3) is 5.81. The van der Waals surface area contributed by atoms with E-state index in [1.54, 1.807) is 0 Å². The summed E-state index contributed by atoms with van der Waals surface area (Å²) in [6, 6.07) is 64.2. The maximum atomic E-state index is 6.37. The molecule has 1 aliphatic rings. The van der Waals surface area contributed by atoms with E-state index in [0.29, 0.717) is 5.92 Å². The monoisotopic (exact) mass is 661 g/mol. The molecule has 2 atom stereocenters. The molecule has 0 N–H and O–H groups in total. The summed E-state index contributed by atoms with van der Waals surface area (Å²) in [4.78, 5) is 2.38. The SMILES string of the molecule is Cc1ccc(C2(c3ccc(OC(C)C(C)C)cc3)c3ccccc3-c3ccc(N(c4ccccc4)c4ccc(-c5ccccc5)cc4)cc32)cc1.